The van der Waals surface area contributed by atoms with Crippen LogP contribution in [0.25, 0.3) is 0 Å². The lowest BCUT2D eigenvalue weighted by atomic mass is 9.59. The number of carboxylic acids is 2. The molecule has 0 aliphatic heterocycles. The number of hydrogen-bond donors (Lipinski definition) is 4. The highest BCUT2D eigenvalue weighted by molar-refractivity contribution is 5.89. The first-order valence-electron chi connectivity index (χ1n) is 12.9. The minimum atomic E-state index is -1.71. The van der Waals surface area contributed by atoms with Crippen molar-refractivity contribution in [3.63, 3.8) is 0 Å². The van der Waals surface area contributed by atoms with Crippen molar-refractivity contribution < 1.29 is 34.5 Å². The van der Waals surface area contributed by atoms with Crippen LogP contribution in [-0.4, -0.2) is 75.7 Å². The summed E-state index contributed by atoms with van der Waals surface area (Å²) in [5.41, 5.74) is -3.34. The van der Waals surface area contributed by atoms with Gasteiger partial charge in [0.25, 0.3) is 0 Å². The molecule has 0 aromatic heterocycles. The number of nitrogens with zero attached hydrogens (tertiary/aromatic N) is 1. The van der Waals surface area contributed by atoms with Crippen LogP contribution in [0.4, 0.5) is 0 Å². The molecule has 0 heterocycles. The normalized spacial score (nSPS) is 17.7. The minimum Gasteiger partial charge on any atom is -0.481 e. The number of hydrogen-bond acceptors (Lipinski definition) is 4. The van der Waals surface area contributed by atoms with E-state index in [-0.39, 0.29) is 30.2 Å². The van der Waals surface area contributed by atoms with Gasteiger partial charge in [0.15, 0.2) is 0 Å². The largest absolute Gasteiger partial charge is 0.481 e. The van der Waals surface area contributed by atoms with Gasteiger partial charge < -0.3 is 24.9 Å². The van der Waals surface area contributed by atoms with Crippen LogP contribution in [0.15, 0.2) is 0 Å². The number of carboxylic acid groups (broad SMARTS) is 2. The van der Waals surface area contributed by atoms with Crippen LogP contribution < -0.4 is 0 Å². The number of likely N-dealkylation sites (N-methyl/N-ethyl adjacent to an activating group) is 1. The van der Waals surface area contributed by atoms with E-state index in [4.69, 9.17) is 0 Å². The van der Waals surface area contributed by atoms with E-state index in [1.54, 1.807) is 28.1 Å². The summed E-state index contributed by atoms with van der Waals surface area (Å²) in [7, 11) is 5.19. The Morgan fingerprint density at radius 3 is 1.52 bits per heavy atom. The lowest BCUT2D eigenvalue weighted by molar-refractivity contribution is -0.922. The van der Waals surface area contributed by atoms with Gasteiger partial charge in [-0.3, -0.25) is 4.79 Å². The highest BCUT2D eigenvalue weighted by Gasteiger charge is 2.68. The average Bonchev–Trinajstić information content (AvgIpc) is 2.67. The summed E-state index contributed by atoms with van der Waals surface area (Å²) in [6.45, 7) is 5.28. The number of unbranched alkanes of at least 4 members (excludes halogenated alkanes) is 9. The second kappa shape index (κ2) is 14.9. The second-order valence-electron chi connectivity index (χ2n) is 10.9. The Balaban J connectivity index is 5.64. The van der Waals surface area contributed by atoms with E-state index in [1.165, 1.54) is 45.4 Å². The lowest BCUT2D eigenvalue weighted by Crippen LogP contribution is -2.73. The van der Waals surface area contributed by atoms with Crippen molar-refractivity contribution >= 4 is 11.9 Å². The molecule has 33 heavy (non-hydrogen) atoms. The predicted octanol–water partition coefficient (Wildman–Crippen LogP) is 4.83. The molecule has 4 atom stereocenters. The van der Waals surface area contributed by atoms with E-state index in [1.807, 2.05) is 0 Å². The van der Waals surface area contributed by atoms with Gasteiger partial charge in [-0.1, -0.05) is 64.7 Å². The Morgan fingerprint density at radius 1 is 0.727 bits per heavy atom. The topological polar surface area (TPSA) is 115 Å². The Bertz CT molecular complexity index is 572. The molecule has 0 bridgehead atoms. The van der Waals surface area contributed by atoms with Gasteiger partial charge in [-0.2, -0.15) is 0 Å². The summed E-state index contributed by atoms with van der Waals surface area (Å²) in [5, 5.41) is 41.1. The fraction of sp³-hybridized carbons (Fsp3) is 0.923. The molecule has 0 aliphatic carbocycles. The molecule has 0 saturated heterocycles. The molecule has 0 aliphatic rings. The molecule has 0 aromatic carbocycles. The summed E-state index contributed by atoms with van der Waals surface area (Å²) < 4.78 is -0.0708. The Kier molecular flexibility index (Phi) is 14.4. The number of rotatable bonds is 20. The lowest BCUT2D eigenvalue weighted by Gasteiger charge is -2.53. The highest BCUT2D eigenvalue weighted by Crippen LogP contribution is 2.50. The van der Waals surface area contributed by atoms with Gasteiger partial charge in [0.2, 0.25) is 5.54 Å². The number of quaternary nitrogens is 1. The first-order valence-corrected chi connectivity index (χ1v) is 12.9. The molecule has 4 N–H and O–H groups in total. The average molecular weight is 475 g/mol. The van der Waals surface area contributed by atoms with E-state index in [0.29, 0.717) is 6.42 Å². The van der Waals surface area contributed by atoms with Crippen molar-refractivity contribution in [1.82, 2.24) is 0 Å². The van der Waals surface area contributed by atoms with Crippen molar-refractivity contribution in [2.75, 3.05) is 21.1 Å². The molecule has 7 nitrogen and oxygen atoms in total. The predicted molar refractivity (Wildman–Crippen MR) is 132 cm³/mol. The molecule has 4 unspecified atom stereocenters. The molecular formula is C26H52NO6+. The maximum atomic E-state index is 12.9. The zero-order chi connectivity index (χ0) is 25.7. The fourth-order valence-electron chi connectivity index (χ4n) is 5.49. The van der Waals surface area contributed by atoms with E-state index < -0.39 is 35.1 Å². The second-order valence-corrected chi connectivity index (χ2v) is 10.9. The Hall–Kier alpha value is -1.18. The molecule has 0 rings (SSSR count). The van der Waals surface area contributed by atoms with Gasteiger partial charge in [0.1, 0.15) is 5.41 Å². The van der Waals surface area contributed by atoms with Crippen LogP contribution in [0.2, 0.25) is 0 Å². The summed E-state index contributed by atoms with van der Waals surface area (Å²) in [5.74, 6) is -2.37. The molecule has 196 valence electrons. The molecule has 0 fully saturated rings. The van der Waals surface area contributed by atoms with Crippen LogP contribution in [-0.2, 0) is 9.59 Å². The monoisotopic (exact) mass is 474 g/mol. The SMILES string of the molecule is CCCCCCCCCCCCC(C(=O)O)(C(CCC(C)O)(CC(C)O)C(=O)O)[N+](C)(C)C. The van der Waals surface area contributed by atoms with Crippen LogP contribution in [0.1, 0.15) is 111 Å². The fourth-order valence-corrected chi connectivity index (χ4v) is 5.49. The molecular weight excluding hydrogens is 422 g/mol. The van der Waals surface area contributed by atoms with Crippen molar-refractivity contribution in [1.29, 1.82) is 0 Å². The molecule has 0 aromatic rings. The quantitative estimate of drug-likeness (QED) is 0.148. The van der Waals surface area contributed by atoms with E-state index >= 15 is 0 Å². The van der Waals surface area contributed by atoms with E-state index in [0.717, 1.165) is 19.3 Å². The minimum absolute atomic E-state index is 0.00944. The van der Waals surface area contributed by atoms with E-state index in [2.05, 4.69) is 6.92 Å². The van der Waals surface area contributed by atoms with Crippen LogP contribution in [0.5, 0.6) is 0 Å². The maximum Gasteiger partial charge on any atom is 0.366 e. The first kappa shape index (κ1) is 31.8. The molecule has 0 radical (unpaired) electrons. The van der Waals surface area contributed by atoms with Crippen molar-refractivity contribution in [2.45, 2.75) is 128 Å². The number of aliphatic hydroxyl groups is 2. The number of aliphatic hydroxyl groups excluding tert-OH is 2. The zero-order valence-corrected chi connectivity index (χ0v) is 22.1. The van der Waals surface area contributed by atoms with Crippen LogP contribution >= 0.6 is 0 Å². The van der Waals surface area contributed by atoms with Crippen LogP contribution in [0.3, 0.4) is 0 Å². The summed E-state index contributed by atoms with van der Waals surface area (Å²) in [4.78, 5) is 25.7. The Labute approximate surface area is 201 Å². The first-order chi connectivity index (χ1) is 15.3. The third-order valence-electron chi connectivity index (χ3n) is 7.22. The smallest absolute Gasteiger partial charge is 0.366 e. The van der Waals surface area contributed by atoms with Crippen molar-refractivity contribution in [2.24, 2.45) is 5.41 Å². The standard InChI is InChI=1S/C26H51NO6/c1-7-8-9-10-11-12-13-14-15-16-18-26(24(32)33,27(4,5)6)25(23(30)31,20-22(3)29)19-17-21(2)28/h21-22,28-29H,7-20H2,1-6H3,(H-,30,31,32,33)/p+1. The Morgan fingerprint density at radius 2 is 1.18 bits per heavy atom. The molecule has 0 spiro atoms. The third-order valence-corrected chi connectivity index (χ3v) is 7.22. The molecule has 7 heteroatoms. The summed E-state index contributed by atoms with van der Waals surface area (Å²) >= 11 is 0. The third kappa shape index (κ3) is 9.18. The molecule has 0 saturated carbocycles. The molecule has 0 amide bonds. The summed E-state index contributed by atoms with van der Waals surface area (Å²) in [6.07, 6.45) is 9.51. The highest BCUT2D eigenvalue weighted by atomic mass is 16.4. The maximum absolute atomic E-state index is 12.9. The van der Waals surface area contributed by atoms with Crippen LogP contribution in [0, 0.1) is 5.41 Å². The van der Waals surface area contributed by atoms with Gasteiger partial charge >= 0.3 is 11.9 Å². The van der Waals surface area contributed by atoms with Gasteiger partial charge in [-0.15, -0.1) is 0 Å². The summed E-state index contributed by atoms with van der Waals surface area (Å²) in [6, 6.07) is 0. The van der Waals surface area contributed by atoms with Crippen molar-refractivity contribution in [3.05, 3.63) is 0 Å². The van der Waals surface area contributed by atoms with Gasteiger partial charge in [0, 0.05) is 6.42 Å². The number of aliphatic carboxylic acids is 2. The zero-order valence-electron chi connectivity index (χ0n) is 22.1. The van der Waals surface area contributed by atoms with Crippen molar-refractivity contribution in [3.8, 4) is 0 Å². The van der Waals surface area contributed by atoms with E-state index in [9.17, 15) is 30.0 Å². The van der Waals surface area contributed by atoms with Gasteiger partial charge in [0.05, 0.1) is 33.4 Å². The van der Waals surface area contributed by atoms with Gasteiger partial charge in [-0.25, -0.2) is 4.79 Å². The van der Waals surface area contributed by atoms with Gasteiger partial charge in [-0.05, 0) is 39.5 Å². The number of carbonyl (C=O) groups is 2.